The Morgan fingerprint density at radius 2 is 1.94 bits per heavy atom. The molecular weight excluding hydrogens is 444 g/mol. The summed E-state index contributed by atoms with van der Waals surface area (Å²) in [7, 11) is 0. The van der Waals surface area contributed by atoms with E-state index >= 15 is 0 Å². The number of aryl methyl sites for hydroxylation is 1. The predicted molar refractivity (Wildman–Crippen MR) is 123 cm³/mol. The SMILES string of the molecule is CSCC[C@@H]1N[C@@]2(C(=O)Nc3ccccc32)[C@@H]2C(=O)N(c3cc([NH+]([O-])O)ccc3C)C(=O)[C@@H]12. The number of rotatable bonds is 5. The van der Waals surface area contributed by atoms with Gasteiger partial charge in [0, 0.05) is 29.4 Å². The summed E-state index contributed by atoms with van der Waals surface area (Å²) in [5.74, 6) is -2.12. The monoisotopic (exact) mass is 468 g/mol. The maximum absolute atomic E-state index is 13.9. The van der Waals surface area contributed by atoms with Crippen molar-refractivity contribution in [3.63, 3.8) is 0 Å². The van der Waals surface area contributed by atoms with Crippen LogP contribution in [0.2, 0.25) is 0 Å². The number of fused-ring (bicyclic) bond motifs is 4. The molecule has 5 rings (SSSR count). The summed E-state index contributed by atoms with van der Waals surface area (Å²) in [6.45, 7) is 1.73. The van der Waals surface area contributed by atoms with Crippen molar-refractivity contribution in [3.05, 3.63) is 58.8 Å². The lowest BCUT2D eigenvalue weighted by atomic mass is 9.76. The van der Waals surface area contributed by atoms with E-state index in [9.17, 15) is 24.8 Å². The highest BCUT2D eigenvalue weighted by Gasteiger charge is 2.70. The molecule has 2 saturated heterocycles. The normalized spacial score (nSPS) is 28.9. The van der Waals surface area contributed by atoms with Crippen molar-refractivity contribution in [2.75, 3.05) is 22.2 Å². The van der Waals surface area contributed by atoms with Crippen LogP contribution in [-0.4, -0.2) is 41.0 Å². The highest BCUT2D eigenvalue weighted by atomic mass is 32.2. The van der Waals surface area contributed by atoms with Crippen LogP contribution in [0.5, 0.6) is 0 Å². The van der Waals surface area contributed by atoms with Gasteiger partial charge in [0.15, 0.2) is 5.69 Å². The topological polar surface area (TPSA) is 126 Å². The van der Waals surface area contributed by atoms with Crippen molar-refractivity contribution < 1.29 is 24.8 Å². The molecule has 3 aliphatic heterocycles. The molecule has 3 heterocycles. The molecule has 5 atom stereocenters. The quantitative estimate of drug-likeness (QED) is 0.382. The van der Waals surface area contributed by atoms with Crippen molar-refractivity contribution in [1.29, 1.82) is 0 Å². The predicted octanol–water partition coefficient (Wildman–Crippen LogP) is 1.08. The summed E-state index contributed by atoms with van der Waals surface area (Å²) in [4.78, 5) is 42.1. The first-order valence-electron chi connectivity index (χ1n) is 10.7. The lowest BCUT2D eigenvalue weighted by Crippen LogP contribution is -2.99. The largest absolute Gasteiger partial charge is 0.595 e. The smallest absolute Gasteiger partial charge is 0.250 e. The van der Waals surface area contributed by atoms with Gasteiger partial charge < -0.3 is 10.5 Å². The molecular formula is C23H24N4O5S. The summed E-state index contributed by atoms with van der Waals surface area (Å²) in [6, 6.07) is 11.2. The Kier molecular flexibility index (Phi) is 5.30. The lowest BCUT2D eigenvalue weighted by Gasteiger charge is -2.30. The number of benzene rings is 2. The zero-order valence-corrected chi connectivity index (χ0v) is 18.9. The van der Waals surface area contributed by atoms with Crippen molar-refractivity contribution in [2.24, 2.45) is 11.8 Å². The number of nitrogens with one attached hydrogen (secondary N) is 3. The standard InChI is InChI=1S/C23H24N4O5S/c1-12-7-8-13(27(31)32)11-17(12)26-20(28)18-16(9-10-33-2)25-23(19(18)21(26)29)14-5-3-4-6-15(14)24-22(23)30/h3-8,11,16,18-19,25,27,31H,9-10H2,1-2H3,(H,24,30)/t16-,18-,19-,23+/m0/s1. The molecule has 0 bridgehead atoms. The number of hydrogen-bond donors (Lipinski definition) is 4. The third kappa shape index (κ3) is 3.06. The molecule has 172 valence electrons. The molecule has 2 fully saturated rings. The third-order valence-corrected chi connectivity index (χ3v) is 7.60. The van der Waals surface area contributed by atoms with E-state index < -0.39 is 34.4 Å². The Bertz CT molecular complexity index is 1170. The van der Waals surface area contributed by atoms with Crippen LogP contribution in [0.25, 0.3) is 0 Å². The zero-order valence-electron chi connectivity index (χ0n) is 18.1. The number of para-hydroxylation sites is 1. The molecule has 0 aromatic heterocycles. The van der Waals surface area contributed by atoms with Crippen LogP contribution in [0, 0.1) is 24.0 Å². The van der Waals surface area contributed by atoms with E-state index in [0.717, 1.165) is 10.7 Å². The average Bonchev–Trinajstić information content (AvgIpc) is 3.37. The van der Waals surface area contributed by atoms with Gasteiger partial charge in [0.05, 0.1) is 17.5 Å². The molecule has 1 unspecified atom stereocenters. The first-order valence-corrected chi connectivity index (χ1v) is 12.1. The van der Waals surface area contributed by atoms with Crippen LogP contribution in [0.3, 0.4) is 0 Å². The number of carbonyl (C=O) groups excluding carboxylic acids is 3. The van der Waals surface area contributed by atoms with Gasteiger partial charge in [-0.25, -0.2) is 10.1 Å². The second-order valence-corrected chi connectivity index (χ2v) is 9.65. The number of thioether (sulfide) groups is 1. The number of quaternary nitrogens is 1. The van der Waals surface area contributed by atoms with E-state index in [2.05, 4.69) is 10.6 Å². The number of amides is 3. The molecule has 9 nitrogen and oxygen atoms in total. The molecule has 2 aromatic carbocycles. The Balaban J connectivity index is 1.65. The van der Waals surface area contributed by atoms with Gasteiger partial charge in [-0.3, -0.25) is 19.7 Å². The number of imide groups is 1. The molecule has 0 aliphatic carbocycles. The van der Waals surface area contributed by atoms with Gasteiger partial charge in [-0.05, 0) is 37.0 Å². The molecule has 0 saturated carbocycles. The van der Waals surface area contributed by atoms with Gasteiger partial charge in [-0.2, -0.15) is 17.0 Å². The first-order chi connectivity index (χ1) is 15.8. The minimum Gasteiger partial charge on any atom is -0.595 e. The fourth-order valence-electron chi connectivity index (χ4n) is 5.47. The lowest BCUT2D eigenvalue weighted by molar-refractivity contribution is -0.991. The van der Waals surface area contributed by atoms with E-state index in [1.807, 2.05) is 24.5 Å². The third-order valence-electron chi connectivity index (χ3n) is 6.95. The van der Waals surface area contributed by atoms with E-state index in [4.69, 9.17) is 0 Å². The summed E-state index contributed by atoms with van der Waals surface area (Å²) < 4.78 is 0. The second kappa shape index (κ2) is 7.93. The minimum atomic E-state index is -1.34. The Labute approximate surface area is 194 Å². The van der Waals surface area contributed by atoms with Crippen LogP contribution in [-0.2, 0) is 19.9 Å². The van der Waals surface area contributed by atoms with Gasteiger partial charge in [0.25, 0.3) is 0 Å². The Morgan fingerprint density at radius 1 is 1.18 bits per heavy atom. The van der Waals surface area contributed by atoms with Crippen LogP contribution >= 0.6 is 11.8 Å². The van der Waals surface area contributed by atoms with Crippen molar-refractivity contribution in [1.82, 2.24) is 5.32 Å². The van der Waals surface area contributed by atoms with Crippen LogP contribution in [0.15, 0.2) is 42.5 Å². The molecule has 2 aromatic rings. The molecule has 3 amide bonds. The second-order valence-electron chi connectivity index (χ2n) is 8.66. The summed E-state index contributed by atoms with van der Waals surface area (Å²) in [6.07, 6.45) is 2.58. The van der Waals surface area contributed by atoms with Crippen LogP contribution < -0.4 is 20.8 Å². The highest BCUT2D eigenvalue weighted by molar-refractivity contribution is 7.98. The minimum absolute atomic E-state index is 0.0102. The van der Waals surface area contributed by atoms with Gasteiger partial charge in [-0.1, -0.05) is 24.3 Å². The fourth-order valence-corrected chi connectivity index (χ4v) is 5.96. The Hall–Kier alpha value is -2.76. The van der Waals surface area contributed by atoms with Crippen molar-refractivity contribution in [2.45, 2.75) is 24.9 Å². The van der Waals surface area contributed by atoms with Crippen molar-refractivity contribution in [3.8, 4) is 0 Å². The number of carbonyl (C=O) groups is 3. The van der Waals surface area contributed by atoms with E-state index in [1.54, 1.807) is 30.8 Å². The molecule has 33 heavy (non-hydrogen) atoms. The number of nitrogens with zero attached hydrogens (tertiary/aromatic N) is 1. The summed E-state index contributed by atoms with van der Waals surface area (Å²) in [5.41, 5.74) is 0.802. The Morgan fingerprint density at radius 3 is 2.67 bits per heavy atom. The number of hydrogen-bond acceptors (Lipinski definition) is 7. The van der Waals surface area contributed by atoms with Gasteiger partial charge in [0.1, 0.15) is 5.54 Å². The van der Waals surface area contributed by atoms with Crippen LogP contribution in [0.1, 0.15) is 17.5 Å². The molecule has 0 radical (unpaired) electrons. The molecule has 3 aliphatic rings. The number of anilines is 2. The van der Waals surface area contributed by atoms with Crippen molar-refractivity contribution >= 4 is 46.5 Å². The average molecular weight is 469 g/mol. The summed E-state index contributed by atoms with van der Waals surface area (Å²) in [5, 5.41) is 26.1. The van der Waals surface area contributed by atoms with E-state index in [1.165, 1.54) is 12.1 Å². The first kappa shape index (κ1) is 22.1. The van der Waals surface area contributed by atoms with E-state index in [-0.39, 0.29) is 23.3 Å². The molecule has 4 N–H and O–H groups in total. The zero-order chi connectivity index (χ0) is 23.5. The van der Waals surface area contributed by atoms with E-state index in [0.29, 0.717) is 23.2 Å². The highest BCUT2D eigenvalue weighted by Crippen LogP contribution is 2.54. The van der Waals surface area contributed by atoms with Gasteiger partial charge in [0.2, 0.25) is 17.7 Å². The molecule has 1 spiro atoms. The van der Waals surface area contributed by atoms with Gasteiger partial charge in [-0.15, -0.1) is 0 Å². The maximum Gasteiger partial charge on any atom is 0.250 e. The molecule has 10 heteroatoms. The van der Waals surface area contributed by atoms with Crippen LogP contribution in [0.4, 0.5) is 17.1 Å². The van der Waals surface area contributed by atoms with Gasteiger partial charge >= 0.3 is 0 Å². The maximum atomic E-state index is 13.9. The summed E-state index contributed by atoms with van der Waals surface area (Å²) >= 11 is 1.63. The fraction of sp³-hybridized carbons (Fsp3) is 0.348.